The van der Waals surface area contributed by atoms with Gasteiger partial charge in [-0.25, -0.2) is 5.43 Å². The van der Waals surface area contributed by atoms with E-state index in [4.69, 9.17) is 0 Å². The highest BCUT2D eigenvalue weighted by Gasteiger charge is 2.06. The number of benzene rings is 1. The van der Waals surface area contributed by atoms with Gasteiger partial charge >= 0.3 is 0 Å². The van der Waals surface area contributed by atoms with Crippen LogP contribution in [0.5, 0.6) is 5.75 Å². The fourth-order valence-electron chi connectivity index (χ4n) is 1.41. The summed E-state index contributed by atoms with van der Waals surface area (Å²) in [5, 5.41) is 13.6. The Hall–Kier alpha value is -1.73. The molecule has 0 atom stereocenters. The van der Waals surface area contributed by atoms with Crippen molar-refractivity contribution < 1.29 is 9.90 Å². The number of hydrazone groups is 1. The van der Waals surface area contributed by atoms with Gasteiger partial charge in [0.1, 0.15) is 5.75 Å². The van der Waals surface area contributed by atoms with Gasteiger partial charge in [-0.05, 0) is 40.2 Å². The molecular weight excluding hydrogens is 390 g/mol. The lowest BCUT2D eigenvalue weighted by Crippen LogP contribution is -2.17. The maximum atomic E-state index is 11.7. The second-order valence-electron chi connectivity index (χ2n) is 3.77. The molecule has 1 aromatic carbocycles. The highest BCUT2D eigenvalue weighted by Crippen LogP contribution is 2.30. The third-order valence-corrected chi connectivity index (χ3v) is 3.41. The molecule has 0 radical (unpaired) electrons. The minimum atomic E-state index is -0.372. The van der Waals surface area contributed by atoms with Gasteiger partial charge in [0, 0.05) is 22.4 Å². The zero-order valence-corrected chi connectivity index (χ0v) is 13.2. The van der Waals surface area contributed by atoms with Crippen LogP contribution in [0.3, 0.4) is 0 Å². The van der Waals surface area contributed by atoms with E-state index in [0.717, 1.165) is 4.47 Å². The molecule has 0 aliphatic carbocycles. The molecular formula is C13H9Br2N3O2. The zero-order chi connectivity index (χ0) is 14.5. The molecule has 0 saturated carbocycles. The maximum Gasteiger partial charge on any atom is 0.272 e. The first kappa shape index (κ1) is 14.7. The SMILES string of the molecule is O=C(N/N=C\c1cc(Br)cc(Br)c1O)c1cccnc1. The standard InChI is InChI=1S/C13H9Br2N3O2/c14-10-4-9(12(19)11(15)5-10)7-17-18-13(20)8-2-1-3-16-6-8/h1-7,19H,(H,18,20)/b17-7-. The molecule has 0 saturated heterocycles. The highest BCUT2D eigenvalue weighted by atomic mass is 79.9. The minimum absolute atomic E-state index is 0.0487. The van der Waals surface area contributed by atoms with Gasteiger partial charge in [-0.2, -0.15) is 5.10 Å². The van der Waals surface area contributed by atoms with E-state index in [9.17, 15) is 9.90 Å². The average molecular weight is 399 g/mol. The number of aromatic nitrogens is 1. The van der Waals surface area contributed by atoms with Gasteiger partial charge in [0.15, 0.2) is 0 Å². The van der Waals surface area contributed by atoms with Crippen molar-refractivity contribution in [2.24, 2.45) is 5.10 Å². The van der Waals surface area contributed by atoms with Crippen LogP contribution in [0.25, 0.3) is 0 Å². The Labute approximate surface area is 132 Å². The van der Waals surface area contributed by atoms with Crippen LogP contribution in [-0.2, 0) is 0 Å². The van der Waals surface area contributed by atoms with Crippen molar-refractivity contribution in [3.8, 4) is 5.75 Å². The third kappa shape index (κ3) is 3.64. The smallest absolute Gasteiger partial charge is 0.272 e. The maximum absolute atomic E-state index is 11.7. The van der Waals surface area contributed by atoms with Crippen LogP contribution in [0, 0.1) is 0 Å². The number of amides is 1. The highest BCUT2D eigenvalue weighted by molar-refractivity contribution is 9.11. The average Bonchev–Trinajstić information content (AvgIpc) is 2.44. The van der Waals surface area contributed by atoms with E-state index in [0.29, 0.717) is 15.6 Å². The Morgan fingerprint density at radius 3 is 2.90 bits per heavy atom. The van der Waals surface area contributed by atoms with Crippen LogP contribution in [0.1, 0.15) is 15.9 Å². The number of hydrogen-bond acceptors (Lipinski definition) is 4. The third-order valence-electron chi connectivity index (χ3n) is 2.35. The summed E-state index contributed by atoms with van der Waals surface area (Å²) < 4.78 is 1.31. The molecule has 2 rings (SSSR count). The predicted octanol–water partition coefficient (Wildman–Crippen LogP) is 3.08. The van der Waals surface area contributed by atoms with Crippen LogP contribution in [0.15, 0.2) is 50.7 Å². The Balaban J connectivity index is 2.10. The van der Waals surface area contributed by atoms with Gasteiger partial charge in [-0.3, -0.25) is 9.78 Å². The molecule has 2 N–H and O–H groups in total. The van der Waals surface area contributed by atoms with E-state index < -0.39 is 0 Å². The van der Waals surface area contributed by atoms with E-state index in [1.54, 1.807) is 30.5 Å². The Kier molecular flexibility index (Phi) is 4.86. The summed E-state index contributed by atoms with van der Waals surface area (Å²) in [5.41, 5.74) is 3.24. The normalized spacial score (nSPS) is 10.7. The number of aromatic hydroxyl groups is 1. The Morgan fingerprint density at radius 2 is 2.20 bits per heavy atom. The van der Waals surface area contributed by atoms with Crippen LogP contribution in [-0.4, -0.2) is 22.2 Å². The van der Waals surface area contributed by atoms with Crippen molar-refractivity contribution in [3.05, 3.63) is 56.7 Å². The Bertz CT molecular complexity index is 660. The van der Waals surface area contributed by atoms with E-state index in [1.165, 1.54) is 12.4 Å². The summed E-state index contributed by atoms with van der Waals surface area (Å²) in [6.45, 7) is 0. The van der Waals surface area contributed by atoms with Crippen LogP contribution >= 0.6 is 31.9 Å². The molecule has 0 fully saturated rings. The number of hydrogen-bond donors (Lipinski definition) is 2. The fraction of sp³-hybridized carbons (Fsp3) is 0. The van der Waals surface area contributed by atoms with Gasteiger partial charge in [-0.15, -0.1) is 0 Å². The van der Waals surface area contributed by atoms with Crippen LogP contribution < -0.4 is 5.43 Å². The number of nitrogens with zero attached hydrogens (tertiary/aromatic N) is 2. The topological polar surface area (TPSA) is 74.6 Å². The number of carbonyl (C=O) groups excluding carboxylic acids is 1. The lowest BCUT2D eigenvalue weighted by Gasteiger charge is -2.03. The van der Waals surface area contributed by atoms with Gasteiger partial charge in [0.05, 0.1) is 16.3 Å². The van der Waals surface area contributed by atoms with Gasteiger partial charge in [0.2, 0.25) is 0 Å². The van der Waals surface area contributed by atoms with Crippen LogP contribution in [0.2, 0.25) is 0 Å². The molecule has 5 nitrogen and oxygen atoms in total. The first-order chi connectivity index (χ1) is 9.58. The first-order valence-corrected chi connectivity index (χ1v) is 7.08. The van der Waals surface area contributed by atoms with E-state index >= 15 is 0 Å². The number of halogens is 2. The number of nitrogens with one attached hydrogen (secondary N) is 1. The first-order valence-electron chi connectivity index (χ1n) is 5.49. The number of carbonyl (C=O) groups is 1. The number of rotatable bonds is 3. The van der Waals surface area contributed by atoms with E-state index in [2.05, 4.69) is 47.4 Å². The number of phenols is 1. The summed E-state index contributed by atoms with van der Waals surface area (Å²) in [7, 11) is 0. The molecule has 0 bridgehead atoms. The summed E-state index contributed by atoms with van der Waals surface area (Å²) in [5.74, 6) is -0.324. The molecule has 0 aliphatic heterocycles. The van der Waals surface area contributed by atoms with Crippen molar-refractivity contribution >= 4 is 44.0 Å². The molecule has 1 heterocycles. The van der Waals surface area contributed by atoms with E-state index in [-0.39, 0.29) is 11.7 Å². The molecule has 1 aromatic heterocycles. The second-order valence-corrected chi connectivity index (χ2v) is 5.54. The molecule has 0 spiro atoms. The van der Waals surface area contributed by atoms with Gasteiger partial charge in [-0.1, -0.05) is 15.9 Å². The van der Waals surface area contributed by atoms with Crippen molar-refractivity contribution in [2.75, 3.05) is 0 Å². The monoisotopic (exact) mass is 397 g/mol. The van der Waals surface area contributed by atoms with Gasteiger partial charge in [0.25, 0.3) is 5.91 Å². The lowest BCUT2D eigenvalue weighted by atomic mass is 10.2. The molecule has 20 heavy (non-hydrogen) atoms. The minimum Gasteiger partial charge on any atom is -0.506 e. The molecule has 1 amide bonds. The second kappa shape index (κ2) is 6.62. The zero-order valence-electron chi connectivity index (χ0n) is 10.0. The lowest BCUT2D eigenvalue weighted by molar-refractivity contribution is 0.0954. The fourth-order valence-corrected chi connectivity index (χ4v) is 2.66. The van der Waals surface area contributed by atoms with Crippen molar-refractivity contribution in [1.29, 1.82) is 0 Å². The predicted molar refractivity (Wildman–Crippen MR) is 82.8 cm³/mol. The Morgan fingerprint density at radius 1 is 1.40 bits per heavy atom. The molecule has 0 unspecified atom stereocenters. The molecule has 2 aromatic rings. The van der Waals surface area contributed by atoms with Crippen molar-refractivity contribution in [2.45, 2.75) is 0 Å². The summed E-state index contributed by atoms with van der Waals surface area (Å²) in [6, 6.07) is 6.68. The summed E-state index contributed by atoms with van der Waals surface area (Å²) in [6.07, 6.45) is 4.38. The van der Waals surface area contributed by atoms with E-state index in [1.807, 2.05) is 0 Å². The summed E-state index contributed by atoms with van der Waals surface area (Å²) in [4.78, 5) is 15.6. The molecule has 7 heteroatoms. The van der Waals surface area contributed by atoms with Crippen LogP contribution in [0.4, 0.5) is 0 Å². The van der Waals surface area contributed by atoms with Crippen molar-refractivity contribution in [3.63, 3.8) is 0 Å². The number of pyridine rings is 1. The van der Waals surface area contributed by atoms with Crippen molar-refractivity contribution in [1.82, 2.24) is 10.4 Å². The molecule has 0 aliphatic rings. The summed E-state index contributed by atoms with van der Waals surface area (Å²) >= 11 is 6.52. The van der Waals surface area contributed by atoms with Gasteiger partial charge < -0.3 is 5.11 Å². The quantitative estimate of drug-likeness (QED) is 0.616. The molecule has 102 valence electrons. The number of phenolic OH excluding ortho intramolecular Hbond substituents is 1. The largest absolute Gasteiger partial charge is 0.506 e.